The van der Waals surface area contributed by atoms with E-state index in [4.69, 9.17) is 9.84 Å². The van der Waals surface area contributed by atoms with Crippen LogP contribution in [0.2, 0.25) is 0 Å². The number of benzene rings is 2. The van der Waals surface area contributed by atoms with E-state index in [0.717, 1.165) is 10.9 Å². The van der Waals surface area contributed by atoms with Crippen molar-refractivity contribution in [3.05, 3.63) is 63.8 Å². The molecule has 0 saturated carbocycles. The summed E-state index contributed by atoms with van der Waals surface area (Å²) in [5, 5.41) is 24.9. The number of hydrogen-bond acceptors (Lipinski definition) is 5. The van der Waals surface area contributed by atoms with Crippen LogP contribution in [0.25, 0.3) is 10.9 Å². The summed E-state index contributed by atoms with van der Waals surface area (Å²) < 4.78 is 6.87. The van der Waals surface area contributed by atoms with Crippen LogP contribution >= 0.6 is 0 Å². The molecule has 1 N–H and O–H groups in total. The van der Waals surface area contributed by atoms with Gasteiger partial charge in [0.05, 0.1) is 29.7 Å². The molecule has 8 nitrogen and oxygen atoms in total. The number of fused-ring (bicyclic) bond motifs is 1. The summed E-state index contributed by atoms with van der Waals surface area (Å²) in [5.41, 5.74) is 1.39. The lowest BCUT2D eigenvalue weighted by Crippen LogP contribution is -2.04. The van der Waals surface area contributed by atoms with E-state index in [-0.39, 0.29) is 11.3 Å². The Morgan fingerprint density at radius 3 is 2.79 bits per heavy atom. The van der Waals surface area contributed by atoms with Gasteiger partial charge in [-0.15, -0.1) is 0 Å². The molecule has 1 aromatic heterocycles. The van der Waals surface area contributed by atoms with Crippen molar-refractivity contribution in [3.8, 4) is 5.75 Å². The van der Waals surface area contributed by atoms with Crippen molar-refractivity contribution in [2.75, 3.05) is 7.11 Å². The van der Waals surface area contributed by atoms with Crippen molar-refractivity contribution < 1.29 is 19.6 Å². The number of carboxylic acids is 1. The first kappa shape index (κ1) is 15.5. The predicted molar refractivity (Wildman–Crippen MR) is 85.4 cm³/mol. The van der Waals surface area contributed by atoms with Crippen LogP contribution < -0.4 is 4.74 Å². The lowest BCUT2D eigenvalue weighted by Gasteiger charge is -2.09. The molecule has 0 atom stereocenters. The lowest BCUT2D eigenvalue weighted by molar-refractivity contribution is -0.384. The second-order valence-electron chi connectivity index (χ2n) is 5.16. The van der Waals surface area contributed by atoms with Gasteiger partial charge in [-0.1, -0.05) is 6.07 Å². The number of nitro groups is 1. The molecule has 0 amide bonds. The highest BCUT2D eigenvalue weighted by molar-refractivity contribution is 5.88. The SMILES string of the molecule is COc1cc(C(=O)O)ccc1Cn1cc2ccc([N+](=O)[O-])cc2n1. The fraction of sp³-hybridized carbons (Fsp3) is 0.125. The standard InChI is InChI=1S/C16H13N3O5/c1-24-15-6-10(16(20)21)2-3-12(15)9-18-8-11-4-5-13(19(22)23)7-14(11)17-18/h2-8H,9H2,1H3,(H,20,21). The summed E-state index contributed by atoms with van der Waals surface area (Å²) in [6.07, 6.45) is 1.77. The zero-order valence-corrected chi connectivity index (χ0v) is 12.7. The molecule has 1 heterocycles. The van der Waals surface area contributed by atoms with Gasteiger partial charge >= 0.3 is 5.97 Å². The molecule has 0 saturated heterocycles. The zero-order valence-electron chi connectivity index (χ0n) is 12.7. The maximum atomic E-state index is 11.0. The van der Waals surface area contributed by atoms with Crippen molar-refractivity contribution in [1.29, 1.82) is 0 Å². The molecule has 0 aliphatic heterocycles. The Morgan fingerprint density at radius 1 is 1.33 bits per heavy atom. The first-order valence-corrected chi connectivity index (χ1v) is 7.00. The number of ether oxygens (including phenoxy) is 1. The van der Waals surface area contributed by atoms with Gasteiger partial charge < -0.3 is 9.84 Å². The van der Waals surface area contributed by atoms with Crippen LogP contribution in [0.5, 0.6) is 5.75 Å². The number of hydrogen-bond donors (Lipinski definition) is 1. The summed E-state index contributed by atoms with van der Waals surface area (Å²) >= 11 is 0. The second kappa shape index (κ2) is 5.99. The Kier molecular flexibility index (Phi) is 3.87. The Labute approximate surface area is 136 Å². The van der Waals surface area contributed by atoms with Crippen molar-refractivity contribution in [2.24, 2.45) is 0 Å². The van der Waals surface area contributed by atoms with Crippen molar-refractivity contribution in [3.63, 3.8) is 0 Å². The monoisotopic (exact) mass is 327 g/mol. The van der Waals surface area contributed by atoms with E-state index < -0.39 is 10.9 Å². The largest absolute Gasteiger partial charge is 0.496 e. The van der Waals surface area contributed by atoms with Gasteiger partial charge in [-0.2, -0.15) is 5.10 Å². The molecule has 0 radical (unpaired) electrons. The van der Waals surface area contributed by atoms with Gasteiger partial charge in [0.25, 0.3) is 5.69 Å². The van der Waals surface area contributed by atoms with E-state index in [0.29, 0.717) is 17.8 Å². The molecule has 0 aliphatic carbocycles. The third kappa shape index (κ3) is 2.89. The topological polar surface area (TPSA) is 107 Å². The number of nitrogens with zero attached hydrogens (tertiary/aromatic N) is 3. The van der Waals surface area contributed by atoms with Gasteiger partial charge in [-0.3, -0.25) is 14.8 Å². The zero-order chi connectivity index (χ0) is 17.3. The van der Waals surface area contributed by atoms with E-state index in [9.17, 15) is 14.9 Å². The molecular weight excluding hydrogens is 314 g/mol. The Hall–Kier alpha value is -3.42. The Balaban J connectivity index is 1.94. The number of aromatic nitrogens is 2. The first-order valence-electron chi connectivity index (χ1n) is 7.00. The van der Waals surface area contributed by atoms with Gasteiger partial charge in [-0.25, -0.2) is 4.79 Å². The van der Waals surface area contributed by atoms with Crippen LogP contribution in [0.4, 0.5) is 5.69 Å². The van der Waals surface area contributed by atoms with Crippen LogP contribution in [-0.2, 0) is 6.54 Å². The third-order valence-corrected chi connectivity index (χ3v) is 3.62. The highest BCUT2D eigenvalue weighted by atomic mass is 16.6. The first-order chi connectivity index (χ1) is 11.5. The van der Waals surface area contributed by atoms with Crippen LogP contribution in [0.3, 0.4) is 0 Å². The molecule has 3 rings (SSSR count). The van der Waals surface area contributed by atoms with Gasteiger partial charge in [-0.05, 0) is 18.2 Å². The molecule has 24 heavy (non-hydrogen) atoms. The summed E-state index contributed by atoms with van der Waals surface area (Å²) in [5.74, 6) is -0.586. The second-order valence-corrected chi connectivity index (χ2v) is 5.16. The van der Waals surface area contributed by atoms with E-state index in [1.165, 1.54) is 31.4 Å². The van der Waals surface area contributed by atoms with Gasteiger partial charge in [0, 0.05) is 29.3 Å². The van der Waals surface area contributed by atoms with Crippen LogP contribution in [-0.4, -0.2) is 32.9 Å². The van der Waals surface area contributed by atoms with Gasteiger partial charge in [0.1, 0.15) is 5.75 Å². The fourth-order valence-electron chi connectivity index (χ4n) is 2.43. The number of carbonyl (C=O) groups is 1. The normalized spacial score (nSPS) is 10.7. The molecule has 0 aliphatic rings. The van der Waals surface area contributed by atoms with Crippen molar-refractivity contribution in [2.45, 2.75) is 6.54 Å². The number of rotatable bonds is 5. The minimum absolute atomic E-state index is 0.0175. The maximum Gasteiger partial charge on any atom is 0.335 e. The smallest absolute Gasteiger partial charge is 0.335 e. The molecule has 0 fully saturated rings. The fourth-order valence-corrected chi connectivity index (χ4v) is 2.43. The van der Waals surface area contributed by atoms with Crippen molar-refractivity contribution in [1.82, 2.24) is 9.78 Å². The molecule has 0 spiro atoms. The predicted octanol–water partition coefficient (Wildman–Crippen LogP) is 2.70. The van der Waals surface area contributed by atoms with Crippen LogP contribution in [0, 0.1) is 10.1 Å². The summed E-state index contributed by atoms with van der Waals surface area (Å²) in [4.78, 5) is 21.4. The van der Waals surface area contributed by atoms with E-state index in [2.05, 4.69) is 5.10 Å². The highest BCUT2D eigenvalue weighted by Crippen LogP contribution is 2.23. The van der Waals surface area contributed by atoms with E-state index in [1.54, 1.807) is 23.0 Å². The van der Waals surface area contributed by atoms with Crippen LogP contribution in [0.15, 0.2) is 42.6 Å². The summed E-state index contributed by atoms with van der Waals surface area (Å²) in [6.45, 7) is 0.353. The average Bonchev–Trinajstić information content (AvgIpc) is 2.96. The average molecular weight is 327 g/mol. The number of non-ortho nitro benzene ring substituents is 1. The maximum absolute atomic E-state index is 11.0. The summed E-state index contributed by atoms with van der Waals surface area (Å²) in [6, 6.07) is 9.09. The number of aromatic carboxylic acids is 1. The Morgan fingerprint density at radius 2 is 2.12 bits per heavy atom. The molecule has 0 unspecified atom stereocenters. The minimum Gasteiger partial charge on any atom is -0.496 e. The quantitative estimate of drug-likeness (QED) is 0.570. The lowest BCUT2D eigenvalue weighted by atomic mass is 10.1. The van der Waals surface area contributed by atoms with E-state index >= 15 is 0 Å². The molecule has 2 aromatic carbocycles. The number of nitro benzene ring substituents is 1. The molecular formula is C16H13N3O5. The number of carboxylic acid groups (broad SMARTS) is 1. The van der Waals surface area contributed by atoms with Gasteiger partial charge in [0.15, 0.2) is 0 Å². The molecule has 3 aromatic rings. The molecule has 8 heteroatoms. The molecule has 0 bridgehead atoms. The third-order valence-electron chi connectivity index (χ3n) is 3.62. The van der Waals surface area contributed by atoms with Crippen molar-refractivity contribution >= 4 is 22.6 Å². The van der Waals surface area contributed by atoms with E-state index in [1.807, 2.05) is 0 Å². The van der Waals surface area contributed by atoms with Crippen LogP contribution in [0.1, 0.15) is 15.9 Å². The number of methoxy groups -OCH3 is 1. The van der Waals surface area contributed by atoms with Gasteiger partial charge in [0.2, 0.25) is 0 Å². The minimum atomic E-state index is -1.03. The highest BCUT2D eigenvalue weighted by Gasteiger charge is 2.12. The molecule has 122 valence electrons. The summed E-state index contributed by atoms with van der Waals surface area (Å²) in [7, 11) is 1.47. The Bertz CT molecular complexity index is 948.